The maximum absolute atomic E-state index is 11.1. The molecule has 1 aliphatic carbocycles. The van der Waals surface area contributed by atoms with Gasteiger partial charge in [0.25, 0.3) is 0 Å². The number of carbonyl (C=O) groups excluding carboxylic acids is 1. The van der Waals surface area contributed by atoms with E-state index in [1.54, 1.807) is 7.05 Å². The van der Waals surface area contributed by atoms with Gasteiger partial charge >= 0.3 is 6.03 Å². The molecule has 1 saturated carbocycles. The van der Waals surface area contributed by atoms with Crippen molar-refractivity contribution >= 4 is 17.8 Å². The second-order valence-corrected chi connectivity index (χ2v) is 3.77. The number of rotatable bonds is 1. The predicted molar refractivity (Wildman–Crippen MR) is 49.0 cm³/mol. The van der Waals surface area contributed by atoms with Crippen LogP contribution in [0.15, 0.2) is 0 Å². The first-order valence-electron chi connectivity index (χ1n) is 4.40. The summed E-state index contributed by atoms with van der Waals surface area (Å²) in [7, 11) is 1.54. The van der Waals surface area contributed by atoms with E-state index in [1.807, 2.05) is 0 Å². The lowest BCUT2D eigenvalue weighted by Crippen LogP contribution is -2.40. The summed E-state index contributed by atoms with van der Waals surface area (Å²) in [4.78, 5) is 11.1. The Bertz CT molecular complexity index is 155. The Morgan fingerprint density at radius 2 is 2.00 bits per heavy atom. The molecule has 1 aliphatic rings. The van der Waals surface area contributed by atoms with Crippen LogP contribution in [0.1, 0.15) is 32.1 Å². The van der Waals surface area contributed by atoms with E-state index < -0.39 is 0 Å². The molecule has 0 atom stereocenters. The van der Waals surface area contributed by atoms with Crippen LogP contribution >= 0.6 is 11.8 Å². The first kappa shape index (κ1) is 9.65. The molecule has 70 valence electrons. The first-order chi connectivity index (χ1) is 5.70. The Kier molecular flexibility index (Phi) is 3.66. The molecule has 0 aromatic carbocycles. The Labute approximate surface area is 78.2 Å². The summed E-state index contributed by atoms with van der Waals surface area (Å²) >= 11 is 5.47. The molecule has 0 aliphatic heterocycles. The summed E-state index contributed by atoms with van der Waals surface area (Å²) < 4.78 is 1.06. The molecule has 12 heavy (non-hydrogen) atoms. The lowest BCUT2D eigenvalue weighted by Gasteiger charge is -2.23. The zero-order valence-electron chi connectivity index (χ0n) is 7.35. The third-order valence-corrected chi connectivity index (χ3v) is 2.37. The van der Waals surface area contributed by atoms with E-state index >= 15 is 0 Å². The molecule has 0 radical (unpaired) electrons. The molecule has 0 bridgehead atoms. The fourth-order valence-corrected chi connectivity index (χ4v) is 1.56. The van der Waals surface area contributed by atoms with E-state index in [9.17, 15) is 4.79 Å². The number of carbonyl (C=O) groups is 1. The van der Waals surface area contributed by atoms with Crippen molar-refractivity contribution in [3.63, 3.8) is 0 Å². The van der Waals surface area contributed by atoms with E-state index in [-0.39, 0.29) is 6.03 Å². The number of nitrogens with zero attached hydrogens (tertiary/aromatic N) is 1. The molecule has 0 spiro atoms. The van der Waals surface area contributed by atoms with Gasteiger partial charge in [0.05, 0.1) is 0 Å². The van der Waals surface area contributed by atoms with Crippen molar-refractivity contribution in [1.29, 1.82) is 0 Å². The molecule has 0 heterocycles. The third kappa shape index (κ3) is 2.89. The van der Waals surface area contributed by atoms with E-state index in [0.29, 0.717) is 6.04 Å². The van der Waals surface area contributed by atoms with Crippen LogP contribution in [0, 0.1) is 0 Å². The number of urea groups is 1. The molecule has 0 saturated heterocycles. The highest BCUT2D eigenvalue weighted by molar-refractivity contribution is 6.20. The smallest absolute Gasteiger partial charge is 0.331 e. The zero-order valence-corrected chi connectivity index (χ0v) is 8.10. The largest absolute Gasteiger partial charge is 0.334 e. The van der Waals surface area contributed by atoms with Gasteiger partial charge in [-0.1, -0.05) is 19.3 Å². The van der Waals surface area contributed by atoms with Crippen LogP contribution < -0.4 is 5.32 Å². The van der Waals surface area contributed by atoms with E-state index in [4.69, 9.17) is 11.8 Å². The molecule has 1 fully saturated rings. The average Bonchev–Trinajstić information content (AvgIpc) is 2.06. The predicted octanol–water partition coefficient (Wildman–Crippen LogP) is 2.11. The quantitative estimate of drug-likeness (QED) is 0.632. The molecule has 0 unspecified atom stereocenters. The van der Waals surface area contributed by atoms with Crippen LogP contribution in [0.4, 0.5) is 4.79 Å². The third-order valence-electron chi connectivity index (χ3n) is 2.21. The number of hydrogen-bond acceptors (Lipinski definition) is 1. The number of amides is 2. The second kappa shape index (κ2) is 4.55. The van der Waals surface area contributed by atoms with Crippen LogP contribution in [0.3, 0.4) is 0 Å². The van der Waals surface area contributed by atoms with Gasteiger partial charge in [-0.15, -0.1) is 0 Å². The van der Waals surface area contributed by atoms with Gasteiger partial charge in [0.1, 0.15) is 0 Å². The summed E-state index contributed by atoms with van der Waals surface area (Å²) in [6, 6.07) is 0.149. The Balaban J connectivity index is 2.24. The summed E-state index contributed by atoms with van der Waals surface area (Å²) in [5, 5.41) is 2.87. The van der Waals surface area contributed by atoms with Gasteiger partial charge in [-0.05, 0) is 12.8 Å². The minimum Gasteiger partial charge on any atom is -0.334 e. The van der Waals surface area contributed by atoms with Crippen LogP contribution in [0.25, 0.3) is 0 Å². The summed E-state index contributed by atoms with van der Waals surface area (Å²) in [6.07, 6.45) is 5.92. The highest BCUT2D eigenvalue weighted by atomic mass is 35.5. The molecule has 0 aromatic heterocycles. The van der Waals surface area contributed by atoms with E-state index in [1.165, 1.54) is 19.3 Å². The number of nitrogens with one attached hydrogen (secondary N) is 1. The highest BCUT2D eigenvalue weighted by Gasteiger charge is 2.16. The SMILES string of the molecule is CN(Cl)C(=O)NC1CCCCC1. The number of hydrogen-bond donors (Lipinski definition) is 1. The fourth-order valence-electron chi connectivity index (χ4n) is 1.51. The van der Waals surface area contributed by atoms with Crippen LogP contribution in [0.2, 0.25) is 0 Å². The first-order valence-corrected chi connectivity index (χ1v) is 4.74. The maximum Gasteiger partial charge on any atom is 0.331 e. The topological polar surface area (TPSA) is 32.3 Å². The van der Waals surface area contributed by atoms with Crippen LogP contribution in [0.5, 0.6) is 0 Å². The van der Waals surface area contributed by atoms with Gasteiger partial charge in [0.15, 0.2) is 0 Å². The average molecular weight is 191 g/mol. The standard InChI is InChI=1S/C8H15ClN2O/c1-11(9)8(12)10-7-5-3-2-4-6-7/h7H,2-6H2,1H3,(H,10,12). The summed E-state index contributed by atoms with van der Waals surface area (Å²) in [5.41, 5.74) is 0. The Morgan fingerprint density at radius 3 is 2.50 bits per heavy atom. The van der Waals surface area contributed by atoms with Gasteiger partial charge in [-0.3, -0.25) is 0 Å². The van der Waals surface area contributed by atoms with Crippen molar-refractivity contribution in [2.24, 2.45) is 0 Å². The summed E-state index contributed by atoms with van der Waals surface area (Å²) in [6.45, 7) is 0. The van der Waals surface area contributed by atoms with Crippen molar-refractivity contribution in [2.75, 3.05) is 7.05 Å². The Hall–Kier alpha value is -0.440. The highest BCUT2D eigenvalue weighted by Crippen LogP contribution is 2.17. The van der Waals surface area contributed by atoms with Crippen LogP contribution in [-0.4, -0.2) is 23.5 Å². The zero-order chi connectivity index (χ0) is 8.97. The molecular formula is C8H15ClN2O. The summed E-state index contributed by atoms with van der Waals surface area (Å²) in [5.74, 6) is 0. The van der Waals surface area contributed by atoms with Crippen molar-refractivity contribution in [2.45, 2.75) is 38.1 Å². The molecule has 3 nitrogen and oxygen atoms in total. The van der Waals surface area contributed by atoms with Gasteiger partial charge in [-0.2, -0.15) is 0 Å². The molecular weight excluding hydrogens is 176 g/mol. The lowest BCUT2D eigenvalue weighted by molar-refractivity contribution is 0.221. The lowest BCUT2D eigenvalue weighted by atomic mass is 9.96. The Morgan fingerprint density at radius 1 is 1.42 bits per heavy atom. The minimum absolute atomic E-state index is 0.191. The molecule has 4 heteroatoms. The van der Waals surface area contributed by atoms with Gasteiger partial charge in [-0.25, -0.2) is 9.21 Å². The maximum atomic E-state index is 11.1. The van der Waals surface area contributed by atoms with Crippen molar-refractivity contribution in [3.8, 4) is 0 Å². The molecule has 1 N–H and O–H groups in total. The van der Waals surface area contributed by atoms with Crippen molar-refractivity contribution in [1.82, 2.24) is 9.74 Å². The second-order valence-electron chi connectivity index (χ2n) is 3.26. The van der Waals surface area contributed by atoms with E-state index in [0.717, 1.165) is 17.3 Å². The van der Waals surface area contributed by atoms with Gasteiger partial charge in [0, 0.05) is 24.9 Å². The van der Waals surface area contributed by atoms with Crippen molar-refractivity contribution < 1.29 is 4.79 Å². The molecule has 0 aromatic rings. The minimum atomic E-state index is -0.191. The fraction of sp³-hybridized carbons (Fsp3) is 0.875. The van der Waals surface area contributed by atoms with Gasteiger partial charge in [0.2, 0.25) is 0 Å². The molecule has 2 amide bonds. The van der Waals surface area contributed by atoms with Crippen molar-refractivity contribution in [3.05, 3.63) is 0 Å². The van der Waals surface area contributed by atoms with Gasteiger partial charge < -0.3 is 5.32 Å². The monoisotopic (exact) mass is 190 g/mol. The normalized spacial score (nSPS) is 18.8. The van der Waals surface area contributed by atoms with Crippen LogP contribution in [-0.2, 0) is 0 Å². The molecule has 1 rings (SSSR count). The number of halogens is 1. The van der Waals surface area contributed by atoms with E-state index in [2.05, 4.69) is 5.32 Å².